The van der Waals surface area contributed by atoms with Gasteiger partial charge in [0.25, 0.3) is 0 Å². The van der Waals surface area contributed by atoms with Gasteiger partial charge in [0.1, 0.15) is 6.61 Å². The Morgan fingerprint density at radius 2 is 1.06 bits per heavy atom. The highest BCUT2D eigenvalue weighted by Crippen LogP contribution is 2.36. The number of phenolic OH excluding ortho intramolecular Hbond substituents is 1. The highest BCUT2D eigenvalue weighted by atomic mass is 19.1. The Morgan fingerprint density at radius 3 is 1.56 bits per heavy atom. The van der Waals surface area contributed by atoms with E-state index in [1.165, 1.54) is 18.2 Å². The van der Waals surface area contributed by atoms with Crippen LogP contribution >= 0.6 is 0 Å². The molecule has 0 saturated carbocycles. The smallest absolute Gasteiger partial charge is 0.169 e. The minimum Gasteiger partial charge on any atom is -0.504 e. The molecule has 0 amide bonds. The van der Waals surface area contributed by atoms with Gasteiger partial charge in [-0.05, 0) is 90.9 Å². The molecule has 278 valence electrons. The van der Waals surface area contributed by atoms with E-state index in [9.17, 15) is 13.9 Å². The van der Waals surface area contributed by atoms with Crippen LogP contribution in [0.2, 0.25) is 0 Å². The number of anilines is 2. The molecule has 10 heteroatoms. The Kier molecular flexibility index (Phi) is 17.2. The van der Waals surface area contributed by atoms with Gasteiger partial charge in [0.15, 0.2) is 46.1 Å². The van der Waals surface area contributed by atoms with Crippen LogP contribution in [0.5, 0.6) is 34.5 Å². The maximum Gasteiger partial charge on any atom is 0.169 e. The molecule has 0 spiro atoms. The van der Waals surface area contributed by atoms with Gasteiger partial charge in [-0.15, -0.1) is 0 Å². The molecule has 0 unspecified atom stereocenters. The first-order chi connectivity index (χ1) is 24.8. The van der Waals surface area contributed by atoms with Crippen molar-refractivity contribution >= 4 is 11.4 Å². The quantitative estimate of drug-likeness (QED) is 0.0605. The zero-order valence-electron chi connectivity index (χ0n) is 29.0. The third-order valence-electron chi connectivity index (χ3n) is 7.72. The lowest BCUT2D eigenvalue weighted by atomic mass is 10.1. The van der Waals surface area contributed by atoms with E-state index >= 15 is 0 Å². The minimum absolute atomic E-state index is 0. The summed E-state index contributed by atoms with van der Waals surface area (Å²) in [6.07, 6.45) is 2.87. The molecule has 0 aliphatic heterocycles. The molecule has 5 aromatic carbocycles. The van der Waals surface area contributed by atoms with Gasteiger partial charge in [0.2, 0.25) is 0 Å². The predicted octanol–water partition coefficient (Wildman–Crippen LogP) is 9.87. The number of nitrogens with one attached hydrogen (secondary N) is 2. The summed E-state index contributed by atoms with van der Waals surface area (Å²) >= 11 is 0. The molecule has 0 heterocycles. The van der Waals surface area contributed by atoms with Gasteiger partial charge in [-0.3, -0.25) is 0 Å². The molecule has 0 aromatic heterocycles. The molecule has 0 fully saturated rings. The van der Waals surface area contributed by atoms with Gasteiger partial charge in [-0.1, -0.05) is 63.7 Å². The van der Waals surface area contributed by atoms with E-state index in [0.717, 1.165) is 29.5 Å². The third-order valence-corrected chi connectivity index (χ3v) is 7.72. The Bertz CT molecular complexity index is 1810. The summed E-state index contributed by atoms with van der Waals surface area (Å²) in [5.41, 5.74) is 4.40. The SMILES string of the molecule is C.CCc1ccc(Oc2ccc(NCCCO)cc2F)c(O)c1.CCc1ccc(Oc2ccc(NCCCO)cc2F)c(OCc2ccccc2)c1. The number of phenols is 1. The van der Waals surface area contributed by atoms with Crippen LogP contribution in [0.15, 0.2) is 103 Å². The van der Waals surface area contributed by atoms with Crippen molar-refractivity contribution in [3.63, 3.8) is 0 Å². The molecule has 0 bridgehead atoms. The van der Waals surface area contributed by atoms with Crippen molar-refractivity contribution in [2.24, 2.45) is 0 Å². The van der Waals surface area contributed by atoms with E-state index in [4.69, 9.17) is 24.4 Å². The monoisotopic (exact) mass is 716 g/mol. The van der Waals surface area contributed by atoms with Gasteiger partial charge in [0.05, 0.1) is 0 Å². The van der Waals surface area contributed by atoms with Crippen LogP contribution in [0.1, 0.15) is 50.8 Å². The second-order valence-corrected chi connectivity index (χ2v) is 11.6. The molecular weight excluding hydrogens is 666 g/mol. The lowest BCUT2D eigenvalue weighted by Crippen LogP contribution is -2.04. The van der Waals surface area contributed by atoms with E-state index < -0.39 is 11.6 Å². The topological polar surface area (TPSA) is 112 Å². The van der Waals surface area contributed by atoms with E-state index in [-0.39, 0.29) is 43.6 Å². The maximum atomic E-state index is 14.5. The average molecular weight is 717 g/mol. The second-order valence-electron chi connectivity index (χ2n) is 11.6. The summed E-state index contributed by atoms with van der Waals surface area (Å²) in [6, 6.07) is 29.9. The molecular formula is C42H50F2N2O6. The fraction of sp³-hybridized carbons (Fsp3) is 0.286. The van der Waals surface area contributed by atoms with Crippen molar-refractivity contribution in [3.05, 3.63) is 131 Å². The van der Waals surface area contributed by atoms with Gasteiger partial charge in [-0.25, -0.2) is 8.78 Å². The fourth-order valence-electron chi connectivity index (χ4n) is 4.82. The largest absolute Gasteiger partial charge is 0.504 e. The number of aliphatic hydroxyl groups is 2. The summed E-state index contributed by atoms with van der Waals surface area (Å²) in [6.45, 7) is 5.78. The lowest BCUT2D eigenvalue weighted by molar-refractivity contribution is 0.289. The molecule has 5 rings (SSSR count). The van der Waals surface area contributed by atoms with Crippen molar-refractivity contribution < 1.29 is 38.3 Å². The predicted molar refractivity (Wildman–Crippen MR) is 204 cm³/mol. The molecule has 0 radical (unpaired) electrons. The summed E-state index contributed by atoms with van der Waals surface area (Å²) < 4.78 is 45.8. The molecule has 0 aliphatic carbocycles. The van der Waals surface area contributed by atoms with Crippen LogP contribution in [0, 0.1) is 11.6 Å². The number of hydrogen-bond donors (Lipinski definition) is 5. The number of halogens is 2. The molecule has 0 saturated heterocycles. The number of ether oxygens (including phenoxy) is 3. The Balaban J connectivity index is 0.000000285. The average Bonchev–Trinajstić information content (AvgIpc) is 3.15. The maximum absolute atomic E-state index is 14.5. The zero-order chi connectivity index (χ0) is 36.4. The van der Waals surface area contributed by atoms with Gasteiger partial charge < -0.3 is 40.2 Å². The number of aryl methyl sites for hydroxylation is 2. The number of rotatable bonds is 17. The molecule has 0 atom stereocenters. The second kappa shape index (κ2) is 21.8. The fourth-order valence-corrected chi connectivity index (χ4v) is 4.82. The molecule has 5 aromatic rings. The number of benzene rings is 5. The van der Waals surface area contributed by atoms with Crippen LogP contribution in [0.3, 0.4) is 0 Å². The summed E-state index contributed by atoms with van der Waals surface area (Å²) in [4.78, 5) is 0. The first-order valence-electron chi connectivity index (χ1n) is 17.1. The lowest BCUT2D eigenvalue weighted by Gasteiger charge is -2.15. The number of aliphatic hydroxyl groups excluding tert-OH is 2. The summed E-state index contributed by atoms with van der Waals surface area (Å²) in [5, 5.41) is 33.5. The summed E-state index contributed by atoms with van der Waals surface area (Å²) in [5.74, 6) is 0.455. The number of hydrogen-bond acceptors (Lipinski definition) is 8. The van der Waals surface area contributed by atoms with E-state index in [0.29, 0.717) is 55.4 Å². The van der Waals surface area contributed by atoms with Crippen LogP contribution in [0.25, 0.3) is 0 Å². The molecule has 52 heavy (non-hydrogen) atoms. The Morgan fingerprint density at radius 1 is 0.558 bits per heavy atom. The van der Waals surface area contributed by atoms with Crippen LogP contribution in [0.4, 0.5) is 20.2 Å². The van der Waals surface area contributed by atoms with Gasteiger partial charge in [-0.2, -0.15) is 0 Å². The first-order valence-corrected chi connectivity index (χ1v) is 17.1. The van der Waals surface area contributed by atoms with Crippen molar-refractivity contribution in [2.45, 2.75) is 53.6 Å². The zero-order valence-corrected chi connectivity index (χ0v) is 29.0. The highest BCUT2D eigenvalue weighted by molar-refractivity contribution is 5.51. The third kappa shape index (κ3) is 12.8. The first kappa shape index (κ1) is 41.1. The van der Waals surface area contributed by atoms with E-state index in [1.54, 1.807) is 30.3 Å². The van der Waals surface area contributed by atoms with Crippen LogP contribution in [-0.4, -0.2) is 41.6 Å². The van der Waals surface area contributed by atoms with Crippen molar-refractivity contribution in [1.82, 2.24) is 0 Å². The van der Waals surface area contributed by atoms with Crippen LogP contribution < -0.4 is 24.8 Å². The standard InChI is InChI=1S/C24H26FNO3.C17H20FNO3.CH4/c1-2-18-9-11-23(24(15-18)28-17-19-7-4-3-5-8-19)29-22-12-10-20(16-21(22)25)26-13-6-14-27;1-2-12-4-6-17(15(21)10-12)22-16-7-5-13(11-14(16)18)19-8-3-9-20;/h3-5,7-12,15-16,26-27H,2,6,13-14,17H2,1H3;4-7,10-11,19-21H,2-3,8-9H2,1H3;1H4. The highest BCUT2D eigenvalue weighted by Gasteiger charge is 2.13. The number of aromatic hydroxyl groups is 1. The van der Waals surface area contributed by atoms with Crippen LogP contribution in [-0.2, 0) is 19.4 Å². The normalized spacial score (nSPS) is 10.3. The van der Waals surface area contributed by atoms with Gasteiger partial charge >= 0.3 is 0 Å². The van der Waals surface area contributed by atoms with Crippen molar-refractivity contribution in [1.29, 1.82) is 0 Å². The van der Waals surface area contributed by atoms with E-state index in [2.05, 4.69) is 17.6 Å². The van der Waals surface area contributed by atoms with E-state index in [1.807, 2.05) is 61.5 Å². The van der Waals surface area contributed by atoms with Gasteiger partial charge in [0, 0.05) is 49.8 Å². The molecule has 5 N–H and O–H groups in total. The summed E-state index contributed by atoms with van der Waals surface area (Å²) in [7, 11) is 0. The van der Waals surface area contributed by atoms with Crippen molar-refractivity contribution in [3.8, 4) is 34.5 Å². The Labute approximate surface area is 305 Å². The Hall–Kier alpha value is -5.32. The van der Waals surface area contributed by atoms with Crippen molar-refractivity contribution in [2.75, 3.05) is 36.9 Å². The molecule has 0 aliphatic rings. The molecule has 8 nitrogen and oxygen atoms in total. The minimum atomic E-state index is -0.520.